The van der Waals surface area contributed by atoms with E-state index in [-0.39, 0.29) is 0 Å². The molecule has 2 rings (SSSR count). The Kier molecular flexibility index (Phi) is 5.91. The number of nitrogens with zero attached hydrogens (tertiary/aromatic N) is 3. The molecule has 2 aromatic rings. The van der Waals surface area contributed by atoms with Gasteiger partial charge in [-0.05, 0) is 34.6 Å². The molecule has 26 heavy (non-hydrogen) atoms. The highest BCUT2D eigenvalue weighted by molar-refractivity contribution is 8.00. The van der Waals surface area contributed by atoms with Crippen molar-refractivity contribution in [1.82, 2.24) is 25.5 Å². The number of rotatable bonds is 4. The summed E-state index contributed by atoms with van der Waals surface area (Å²) in [6, 6.07) is 7.19. The molecule has 0 aliphatic rings. The number of thioether (sulfide) groups is 1. The highest BCUT2D eigenvalue weighted by atomic mass is 32.2. The summed E-state index contributed by atoms with van der Waals surface area (Å²) in [5.41, 5.74) is 1.53. The molecule has 4 N–H and O–H groups in total. The van der Waals surface area contributed by atoms with Crippen molar-refractivity contribution in [1.29, 1.82) is 0 Å². The summed E-state index contributed by atoms with van der Waals surface area (Å²) in [6.45, 7) is 9.16. The van der Waals surface area contributed by atoms with Crippen molar-refractivity contribution in [3.63, 3.8) is 0 Å². The highest BCUT2D eigenvalue weighted by Crippen LogP contribution is 2.24. The lowest BCUT2D eigenvalue weighted by Gasteiger charge is -2.21. The number of hydrogen-bond acceptors (Lipinski definition) is 6. The second kappa shape index (κ2) is 7.77. The Morgan fingerprint density at radius 3 is 2.38 bits per heavy atom. The van der Waals surface area contributed by atoms with Crippen LogP contribution in [0.25, 0.3) is 11.4 Å². The molecule has 0 saturated carbocycles. The summed E-state index contributed by atoms with van der Waals surface area (Å²) >= 11 is 1.13. The number of urea groups is 1. The fourth-order valence-electron chi connectivity index (χ4n) is 2.05. The predicted molar refractivity (Wildman–Crippen MR) is 102 cm³/mol. The number of nitrogens with one attached hydrogen (secondary N) is 2. The van der Waals surface area contributed by atoms with Crippen LogP contribution in [0.15, 0.2) is 29.4 Å². The van der Waals surface area contributed by atoms with Crippen LogP contribution in [0, 0.1) is 6.92 Å². The maximum Gasteiger partial charge on any atom is 0.321 e. The highest BCUT2D eigenvalue weighted by Gasteiger charge is 2.23. The van der Waals surface area contributed by atoms with Crippen molar-refractivity contribution < 1.29 is 9.59 Å². The van der Waals surface area contributed by atoms with E-state index in [0.717, 1.165) is 22.9 Å². The summed E-state index contributed by atoms with van der Waals surface area (Å²) in [7, 11) is 0. The van der Waals surface area contributed by atoms with Gasteiger partial charge in [0.05, 0.1) is 5.25 Å². The molecule has 0 fully saturated rings. The number of nitrogens with two attached hydrogens (primary N) is 1. The van der Waals surface area contributed by atoms with E-state index in [9.17, 15) is 9.59 Å². The van der Waals surface area contributed by atoms with Gasteiger partial charge in [-0.15, -0.1) is 10.2 Å². The van der Waals surface area contributed by atoms with Gasteiger partial charge in [0.25, 0.3) is 0 Å². The molecule has 0 aliphatic carbocycles. The minimum absolute atomic E-state index is 0.388. The second-order valence-electron chi connectivity index (χ2n) is 7.00. The Hall–Kier alpha value is -2.55. The van der Waals surface area contributed by atoms with Gasteiger partial charge in [-0.2, -0.15) is 0 Å². The number of benzene rings is 1. The Bertz CT molecular complexity index is 795. The quantitative estimate of drug-likeness (QED) is 0.556. The minimum Gasteiger partial charge on any atom is -0.335 e. The Labute approximate surface area is 156 Å². The van der Waals surface area contributed by atoms with Crippen LogP contribution < -0.4 is 16.5 Å². The molecule has 9 heteroatoms. The van der Waals surface area contributed by atoms with Gasteiger partial charge in [0.2, 0.25) is 11.1 Å². The number of nitrogen functional groups attached to an aromatic ring is 1. The fourth-order valence-corrected chi connectivity index (χ4v) is 2.82. The van der Waals surface area contributed by atoms with Crippen LogP contribution in [-0.4, -0.2) is 37.6 Å². The number of carbonyl (C=O) groups excluding carboxylic acids is 2. The lowest BCUT2D eigenvalue weighted by atomic mass is 10.1. The molecule has 140 valence electrons. The van der Waals surface area contributed by atoms with Crippen LogP contribution in [0.3, 0.4) is 0 Å². The van der Waals surface area contributed by atoms with Crippen molar-refractivity contribution in [2.75, 3.05) is 5.84 Å². The number of hydrogen-bond donors (Lipinski definition) is 3. The van der Waals surface area contributed by atoms with Gasteiger partial charge in [-0.1, -0.05) is 41.6 Å². The van der Waals surface area contributed by atoms with E-state index in [1.54, 1.807) is 6.92 Å². The third-order valence-electron chi connectivity index (χ3n) is 3.35. The van der Waals surface area contributed by atoms with Crippen LogP contribution in [-0.2, 0) is 4.79 Å². The van der Waals surface area contributed by atoms with Crippen molar-refractivity contribution in [2.45, 2.75) is 50.6 Å². The van der Waals surface area contributed by atoms with E-state index in [1.807, 2.05) is 52.0 Å². The van der Waals surface area contributed by atoms with E-state index in [2.05, 4.69) is 20.8 Å². The van der Waals surface area contributed by atoms with E-state index in [0.29, 0.717) is 11.0 Å². The molecule has 1 aromatic heterocycles. The van der Waals surface area contributed by atoms with Gasteiger partial charge in [-0.3, -0.25) is 10.1 Å². The van der Waals surface area contributed by atoms with E-state index < -0.39 is 22.7 Å². The number of imide groups is 1. The summed E-state index contributed by atoms with van der Waals surface area (Å²) < 4.78 is 1.34. The first kappa shape index (κ1) is 19.8. The lowest BCUT2D eigenvalue weighted by molar-refractivity contribution is -0.119. The van der Waals surface area contributed by atoms with Crippen molar-refractivity contribution in [3.8, 4) is 11.4 Å². The summed E-state index contributed by atoms with van der Waals surface area (Å²) in [5, 5.41) is 12.9. The molecular formula is C17H24N6O2S. The molecule has 8 nitrogen and oxygen atoms in total. The van der Waals surface area contributed by atoms with E-state index in [4.69, 9.17) is 5.84 Å². The van der Waals surface area contributed by atoms with Crippen molar-refractivity contribution >= 4 is 23.7 Å². The van der Waals surface area contributed by atoms with E-state index >= 15 is 0 Å². The van der Waals surface area contributed by atoms with Crippen LogP contribution in [0.4, 0.5) is 4.79 Å². The maximum absolute atomic E-state index is 12.2. The van der Waals surface area contributed by atoms with Crippen LogP contribution in [0.1, 0.15) is 33.3 Å². The average Bonchev–Trinajstić information content (AvgIpc) is 2.87. The van der Waals surface area contributed by atoms with Gasteiger partial charge < -0.3 is 11.2 Å². The molecule has 1 atom stereocenters. The summed E-state index contributed by atoms with van der Waals surface area (Å²) in [6.07, 6.45) is 0. The van der Waals surface area contributed by atoms with Crippen LogP contribution in [0.2, 0.25) is 0 Å². The lowest BCUT2D eigenvalue weighted by Crippen LogP contribution is -2.49. The zero-order valence-corrected chi connectivity index (χ0v) is 16.3. The molecule has 0 bridgehead atoms. The smallest absolute Gasteiger partial charge is 0.321 e. The third kappa shape index (κ3) is 5.22. The van der Waals surface area contributed by atoms with E-state index in [1.165, 1.54) is 4.68 Å². The van der Waals surface area contributed by atoms with Gasteiger partial charge >= 0.3 is 6.03 Å². The zero-order chi connectivity index (χ0) is 19.5. The molecule has 0 saturated heterocycles. The molecule has 3 amide bonds. The number of aryl methyl sites for hydroxylation is 1. The summed E-state index contributed by atoms with van der Waals surface area (Å²) in [5.74, 6) is 6.14. The van der Waals surface area contributed by atoms with Crippen molar-refractivity contribution in [3.05, 3.63) is 29.8 Å². The molecule has 1 aromatic carbocycles. The molecule has 1 heterocycles. The topological polar surface area (TPSA) is 115 Å². The standard InChI is InChI=1S/C17H24N6O2S/c1-10-6-8-12(9-7-10)13-21-22-16(23(13)18)26-11(2)14(24)19-15(25)20-17(3,4)5/h6-9,11H,18H2,1-5H3,(H2,19,20,24,25)/t11-/m0/s1. The third-order valence-corrected chi connectivity index (χ3v) is 4.41. The number of amides is 3. The molecule has 0 aliphatic heterocycles. The Morgan fingerprint density at radius 1 is 1.19 bits per heavy atom. The first-order valence-electron chi connectivity index (χ1n) is 8.14. The Balaban J connectivity index is 2.03. The molecular weight excluding hydrogens is 352 g/mol. The molecule has 0 spiro atoms. The van der Waals surface area contributed by atoms with Gasteiger partial charge in [0.15, 0.2) is 5.82 Å². The predicted octanol–water partition coefficient (Wildman–Crippen LogP) is 2.07. The first-order valence-corrected chi connectivity index (χ1v) is 9.02. The van der Waals surface area contributed by atoms with Crippen molar-refractivity contribution in [2.24, 2.45) is 0 Å². The normalized spacial score (nSPS) is 12.5. The van der Waals surface area contributed by atoms with Crippen LogP contribution >= 0.6 is 11.8 Å². The number of carbonyl (C=O) groups is 2. The minimum atomic E-state index is -0.571. The van der Waals surface area contributed by atoms with Gasteiger partial charge in [0, 0.05) is 11.1 Å². The molecule has 0 unspecified atom stereocenters. The van der Waals surface area contributed by atoms with Gasteiger partial charge in [0.1, 0.15) is 0 Å². The average molecular weight is 376 g/mol. The SMILES string of the molecule is Cc1ccc(-c2nnc(S[C@@H](C)C(=O)NC(=O)NC(C)(C)C)n2N)cc1. The van der Waals surface area contributed by atoms with Gasteiger partial charge in [-0.25, -0.2) is 9.47 Å². The fraction of sp³-hybridized carbons (Fsp3) is 0.412. The second-order valence-corrected chi connectivity index (χ2v) is 8.30. The van der Waals surface area contributed by atoms with Crippen LogP contribution in [0.5, 0.6) is 0 Å². The monoisotopic (exact) mass is 376 g/mol. The Morgan fingerprint density at radius 2 is 1.81 bits per heavy atom. The zero-order valence-electron chi connectivity index (χ0n) is 15.5. The number of aromatic nitrogens is 3. The summed E-state index contributed by atoms with van der Waals surface area (Å²) in [4.78, 5) is 24.0. The largest absolute Gasteiger partial charge is 0.335 e. The first-order chi connectivity index (χ1) is 12.1. The molecule has 0 radical (unpaired) electrons. The maximum atomic E-state index is 12.2.